The molecule has 1 atom stereocenters. The summed E-state index contributed by atoms with van der Waals surface area (Å²) in [5.41, 5.74) is 0.852. The van der Waals surface area contributed by atoms with Crippen molar-refractivity contribution in [3.05, 3.63) is 23.8 Å². The van der Waals surface area contributed by atoms with Gasteiger partial charge in [0.25, 0.3) is 0 Å². The van der Waals surface area contributed by atoms with Gasteiger partial charge in [0, 0.05) is 32.6 Å². The van der Waals surface area contributed by atoms with E-state index in [1.54, 1.807) is 12.1 Å². The zero-order valence-corrected chi connectivity index (χ0v) is 17.6. The Bertz CT molecular complexity index is 1090. The molecule has 0 aliphatic carbocycles. The summed E-state index contributed by atoms with van der Waals surface area (Å²) in [5.74, 6) is 0.222. The summed E-state index contributed by atoms with van der Waals surface area (Å²) in [7, 11) is -10.8. The first-order valence-electron chi connectivity index (χ1n) is 9.05. The molecule has 9 nitrogen and oxygen atoms in total. The first-order valence-corrected chi connectivity index (χ1v) is 13.8. The number of fused-ring (bicyclic) bond motifs is 1. The van der Waals surface area contributed by atoms with Crippen LogP contribution in [-0.4, -0.2) is 83.4 Å². The van der Waals surface area contributed by atoms with Gasteiger partial charge in [0.1, 0.15) is 5.75 Å². The Labute approximate surface area is 165 Å². The lowest BCUT2D eigenvalue weighted by atomic mass is 10.2. The van der Waals surface area contributed by atoms with Crippen molar-refractivity contribution >= 4 is 29.9 Å². The van der Waals surface area contributed by atoms with Crippen LogP contribution in [0.1, 0.15) is 12.0 Å². The minimum atomic E-state index is -3.76. The molecular formula is C16H22N2O7S3. The van der Waals surface area contributed by atoms with E-state index in [0.29, 0.717) is 18.8 Å². The zero-order valence-electron chi connectivity index (χ0n) is 15.2. The van der Waals surface area contributed by atoms with Crippen LogP contribution >= 0.6 is 0 Å². The molecule has 0 bridgehead atoms. The predicted octanol–water partition coefficient (Wildman–Crippen LogP) is -0.555. The summed E-state index contributed by atoms with van der Waals surface area (Å²) in [5, 5.41) is -0.933. The van der Waals surface area contributed by atoms with Crippen molar-refractivity contribution in [1.29, 1.82) is 0 Å². The number of ether oxygens (including phenoxy) is 1. The molecule has 3 aliphatic heterocycles. The van der Waals surface area contributed by atoms with Gasteiger partial charge in [-0.15, -0.1) is 0 Å². The van der Waals surface area contributed by atoms with Crippen LogP contribution in [0, 0.1) is 0 Å². The molecule has 4 rings (SSSR count). The molecule has 3 heterocycles. The number of hydrogen-bond donors (Lipinski definition) is 0. The molecule has 28 heavy (non-hydrogen) atoms. The van der Waals surface area contributed by atoms with Gasteiger partial charge in [-0.3, -0.25) is 0 Å². The predicted molar refractivity (Wildman–Crippen MR) is 102 cm³/mol. The largest absolute Gasteiger partial charge is 0.493 e. The van der Waals surface area contributed by atoms with Gasteiger partial charge in [-0.2, -0.15) is 8.61 Å². The molecule has 1 aromatic rings. The second kappa shape index (κ2) is 6.94. The Morgan fingerprint density at radius 1 is 1.00 bits per heavy atom. The molecule has 3 aliphatic rings. The van der Waals surface area contributed by atoms with Gasteiger partial charge in [-0.05, 0) is 30.2 Å². The molecule has 1 aromatic carbocycles. The number of nitrogens with zero attached hydrogens (tertiary/aromatic N) is 2. The van der Waals surface area contributed by atoms with E-state index in [2.05, 4.69) is 0 Å². The summed E-state index contributed by atoms with van der Waals surface area (Å²) in [6, 6.07) is 4.77. The zero-order chi connectivity index (χ0) is 20.2. The maximum Gasteiger partial charge on any atom is 0.243 e. The highest BCUT2D eigenvalue weighted by molar-refractivity contribution is 7.95. The summed E-state index contributed by atoms with van der Waals surface area (Å²) in [4.78, 5) is 0.176. The molecule has 2 saturated heterocycles. The van der Waals surface area contributed by atoms with E-state index in [1.165, 1.54) is 14.7 Å². The van der Waals surface area contributed by atoms with Crippen LogP contribution in [0.2, 0.25) is 0 Å². The van der Waals surface area contributed by atoms with Crippen LogP contribution in [0.5, 0.6) is 5.75 Å². The Morgan fingerprint density at radius 3 is 2.32 bits per heavy atom. The highest BCUT2D eigenvalue weighted by Crippen LogP contribution is 2.30. The molecule has 2 fully saturated rings. The number of sulfone groups is 1. The fourth-order valence-corrected chi connectivity index (χ4v) is 9.83. The quantitative estimate of drug-likeness (QED) is 0.604. The summed E-state index contributed by atoms with van der Waals surface area (Å²) in [6.07, 6.45) is 0.759. The number of piperazine rings is 1. The molecule has 156 valence electrons. The SMILES string of the molecule is O=S1(=O)CCC(S(=O)(=O)N2CCN(S(=O)(=O)c3ccc4c(c3)CCO4)CC2)C1. The molecule has 0 radical (unpaired) electrons. The van der Waals surface area contributed by atoms with E-state index in [1.807, 2.05) is 0 Å². The van der Waals surface area contributed by atoms with Gasteiger partial charge in [-0.25, -0.2) is 25.3 Å². The van der Waals surface area contributed by atoms with Crippen LogP contribution in [0.3, 0.4) is 0 Å². The monoisotopic (exact) mass is 450 g/mol. The van der Waals surface area contributed by atoms with Crippen LogP contribution < -0.4 is 4.74 Å². The fourth-order valence-electron chi connectivity index (χ4n) is 3.84. The topological polar surface area (TPSA) is 118 Å². The Kier molecular flexibility index (Phi) is 4.98. The first kappa shape index (κ1) is 20.1. The van der Waals surface area contributed by atoms with Gasteiger partial charge < -0.3 is 4.74 Å². The lowest BCUT2D eigenvalue weighted by molar-refractivity contribution is 0.271. The van der Waals surface area contributed by atoms with E-state index in [9.17, 15) is 25.3 Å². The van der Waals surface area contributed by atoms with Crippen LogP contribution in [-0.2, 0) is 36.3 Å². The molecular weight excluding hydrogens is 428 g/mol. The Balaban J connectivity index is 1.46. The van der Waals surface area contributed by atoms with Crippen molar-refractivity contribution < 1.29 is 30.0 Å². The molecule has 1 unspecified atom stereocenters. The normalized spacial score (nSPS) is 26.1. The van der Waals surface area contributed by atoms with Gasteiger partial charge in [-0.1, -0.05) is 0 Å². The molecule has 0 spiro atoms. The fraction of sp³-hybridized carbons (Fsp3) is 0.625. The lowest BCUT2D eigenvalue weighted by Crippen LogP contribution is -2.52. The Hall–Kier alpha value is -1.21. The van der Waals surface area contributed by atoms with Crippen LogP contribution in [0.25, 0.3) is 0 Å². The van der Waals surface area contributed by atoms with E-state index >= 15 is 0 Å². The second-order valence-electron chi connectivity index (χ2n) is 7.24. The molecule has 0 saturated carbocycles. The summed E-state index contributed by atoms with van der Waals surface area (Å²) in [6.45, 7) is 0.647. The highest BCUT2D eigenvalue weighted by atomic mass is 32.2. The average molecular weight is 451 g/mol. The standard InChI is InChI=1S/C16H22N2O7S3/c19-26(20)10-4-15(12-26)28(23,24)18-7-5-17(6-8-18)27(21,22)14-1-2-16-13(11-14)3-9-25-16/h1-2,11,15H,3-10,12H2. The number of rotatable bonds is 4. The minimum absolute atomic E-state index is 0.0200. The summed E-state index contributed by atoms with van der Waals surface area (Å²) >= 11 is 0. The van der Waals surface area contributed by atoms with Crippen molar-refractivity contribution in [2.24, 2.45) is 0 Å². The van der Waals surface area contributed by atoms with E-state index in [4.69, 9.17) is 4.74 Å². The van der Waals surface area contributed by atoms with Gasteiger partial charge in [0.2, 0.25) is 20.0 Å². The molecule has 12 heteroatoms. The van der Waals surface area contributed by atoms with Crippen molar-refractivity contribution in [3.8, 4) is 5.75 Å². The van der Waals surface area contributed by atoms with Gasteiger partial charge >= 0.3 is 0 Å². The highest BCUT2D eigenvalue weighted by Gasteiger charge is 2.42. The number of sulfonamides is 2. The van der Waals surface area contributed by atoms with Crippen molar-refractivity contribution in [2.45, 2.75) is 23.0 Å². The maximum absolute atomic E-state index is 12.9. The van der Waals surface area contributed by atoms with Gasteiger partial charge in [0.15, 0.2) is 9.84 Å². The van der Waals surface area contributed by atoms with Crippen molar-refractivity contribution in [2.75, 3.05) is 44.3 Å². The smallest absolute Gasteiger partial charge is 0.243 e. The molecule has 0 aromatic heterocycles. The van der Waals surface area contributed by atoms with Crippen LogP contribution in [0.15, 0.2) is 23.1 Å². The molecule has 0 amide bonds. The van der Waals surface area contributed by atoms with E-state index < -0.39 is 35.1 Å². The van der Waals surface area contributed by atoms with Crippen molar-refractivity contribution in [1.82, 2.24) is 8.61 Å². The third-order valence-corrected chi connectivity index (χ3v) is 11.7. The van der Waals surface area contributed by atoms with E-state index in [0.717, 1.165) is 5.56 Å². The third kappa shape index (κ3) is 3.56. The minimum Gasteiger partial charge on any atom is -0.493 e. The Morgan fingerprint density at radius 2 is 1.68 bits per heavy atom. The second-order valence-corrected chi connectivity index (χ2v) is 13.6. The number of hydrogen-bond acceptors (Lipinski definition) is 7. The maximum atomic E-state index is 12.9. The van der Waals surface area contributed by atoms with E-state index in [-0.39, 0.29) is 49.0 Å². The van der Waals surface area contributed by atoms with Gasteiger partial charge in [0.05, 0.1) is 28.3 Å². The third-order valence-electron chi connectivity index (χ3n) is 5.47. The summed E-state index contributed by atoms with van der Waals surface area (Å²) < 4.78 is 82.4. The molecule has 0 N–H and O–H groups in total. The first-order chi connectivity index (χ1) is 13.1. The van der Waals surface area contributed by atoms with Crippen molar-refractivity contribution in [3.63, 3.8) is 0 Å². The average Bonchev–Trinajstić information content (AvgIpc) is 3.27. The van der Waals surface area contributed by atoms with Crippen LogP contribution in [0.4, 0.5) is 0 Å². The lowest BCUT2D eigenvalue weighted by Gasteiger charge is -2.34. The number of benzene rings is 1.